The lowest BCUT2D eigenvalue weighted by molar-refractivity contribution is -0.00547. The highest BCUT2D eigenvalue weighted by Gasteiger charge is 2.25. The van der Waals surface area contributed by atoms with Crippen LogP contribution in [0.2, 0.25) is 5.02 Å². The molecule has 1 N–H and O–H groups in total. The third-order valence-electron chi connectivity index (χ3n) is 5.58. The van der Waals surface area contributed by atoms with Crippen molar-refractivity contribution >= 4 is 23.3 Å². The number of aryl methyl sites for hydroxylation is 1. The van der Waals surface area contributed by atoms with Gasteiger partial charge in [0.1, 0.15) is 12.1 Å². The molecule has 3 aromatic rings. The van der Waals surface area contributed by atoms with Gasteiger partial charge in [-0.3, -0.25) is 4.79 Å². The lowest BCUT2D eigenvalue weighted by Crippen LogP contribution is -2.46. The molecule has 1 aliphatic heterocycles. The predicted molar refractivity (Wildman–Crippen MR) is 137 cm³/mol. The van der Waals surface area contributed by atoms with E-state index in [2.05, 4.69) is 37.0 Å². The van der Waals surface area contributed by atoms with Gasteiger partial charge < -0.3 is 15.0 Å². The summed E-state index contributed by atoms with van der Waals surface area (Å²) in [6.45, 7) is 6.05. The third-order valence-corrected chi connectivity index (χ3v) is 5.83. The highest BCUT2D eigenvalue weighted by atomic mass is 35.5. The minimum atomic E-state index is -0.174. The van der Waals surface area contributed by atoms with Crippen molar-refractivity contribution in [2.75, 3.05) is 24.5 Å². The van der Waals surface area contributed by atoms with E-state index in [4.69, 9.17) is 16.3 Å². The highest BCUT2D eigenvalue weighted by molar-refractivity contribution is 6.30. The van der Waals surface area contributed by atoms with Gasteiger partial charge >= 0.3 is 0 Å². The molecule has 2 atom stereocenters. The van der Waals surface area contributed by atoms with Crippen molar-refractivity contribution < 1.29 is 9.53 Å². The number of amides is 1. The van der Waals surface area contributed by atoms with Crippen molar-refractivity contribution in [1.82, 2.24) is 20.3 Å². The molecule has 35 heavy (non-hydrogen) atoms. The second-order valence-corrected chi connectivity index (χ2v) is 9.06. The van der Waals surface area contributed by atoms with Gasteiger partial charge in [0.25, 0.3) is 5.91 Å². The molecule has 1 saturated heterocycles. The molecular formula is C27H28ClN5O2. The number of halogens is 1. The largest absolute Gasteiger partial charge is 0.372 e. The second-order valence-electron chi connectivity index (χ2n) is 8.62. The molecule has 180 valence electrons. The standard InChI is InChI=1S/C27H28ClN5O2/c1-19-16-33(17-20(2)35-19)26-23(8-5-21-6-9-25(28)10-7-21)12-24(15-32-26)27(34)31-11-3-4-22-13-29-18-30-14-22/h6-7,9-10,12-15,18-20H,3-4,11,16-17H2,1-2H3,(H,31,34)/t19-,20+. The molecule has 1 aliphatic rings. The minimum Gasteiger partial charge on any atom is -0.372 e. The first-order valence-electron chi connectivity index (χ1n) is 11.7. The summed E-state index contributed by atoms with van der Waals surface area (Å²) in [6, 6.07) is 9.17. The van der Waals surface area contributed by atoms with Crippen LogP contribution in [0.3, 0.4) is 0 Å². The van der Waals surface area contributed by atoms with Crippen LogP contribution in [-0.2, 0) is 11.2 Å². The summed E-state index contributed by atoms with van der Waals surface area (Å²) in [7, 11) is 0. The zero-order valence-corrected chi connectivity index (χ0v) is 20.6. The number of hydrogen-bond donors (Lipinski definition) is 1. The molecule has 0 aliphatic carbocycles. The molecule has 1 aromatic carbocycles. The number of aromatic nitrogens is 3. The van der Waals surface area contributed by atoms with E-state index in [9.17, 15) is 4.79 Å². The average Bonchev–Trinajstić information content (AvgIpc) is 2.86. The maximum Gasteiger partial charge on any atom is 0.252 e. The molecule has 2 aromatic heterocycles. The van der Waals surface area contributed by atoms with E-state index in [1.54, 1.807) is 18.6 Å². The molecule has 3 heterocycles. The van der Waals surface area contributed by atoms with Gasteiger partial charge in [-0.1, -0.05) is 23.4 Å². The van der Waals surface area contributed by atoms with Gasteiger partial charge in [-0.2, -0.15) is 0 Å². The first kappa shape index (κ1) is 24.6. The van der Waals surface area contributed by atoms with Crippen LogP contribution in [0, 0.1) is 11.8 Å². The van der Waals surface area contributed by atoms with Gasteiger partial charge in [0.2, 0.25) is 0 Å². The number of nitrogens with zero attached hydrogens (tertiary/aromatic N) is 4. The third kappa shape index (κ3) is 7.01. The quantitative estimate of drug-likeness (QED) is 0.418. The molecular weight excluding hydrogens is 462 g/mol. The van der Waals surface area contributed by atoms with Crippen LogP contribution in [0.4, 0.5) is 5.82 Å². The number of nitrogens with one attached hydrogen (secondary N) is 1. The smallest absolute Gasteiger partial charge is 0.252 e. The Labute approximate surface area is 210 Å². The van der Waals surface area contributed by atoms with Crippen LogP contribution in [0.5, 0.6) is 0 Å². The van der Waals surface area contributed by atoms with Crippen LogP contribution < -0.4 is 10.2 Å². The summed E-state index contributed by atoms with van der Waals surface area (Å²) in [6.07, 6.45) is 8.45. The molecule has 0 saturated carbocycles. The van der Waals surface area contributed by atoms with Gasteiger partial charge in [-0.05, 0) is 62.6 Å². The lowest BCUT2D eigenvalue weighted by atomic mass is 10.1. The van der Waals surface area contributed by atoms with Gasteiger partial charge in [0.15, 0.2) is 0 Å². The number of carbonyl (C=O) groups excluding carboxylic acids is 1. The van der Waals surface area contributed by atoms with E-state index < -0.39 is 0 Å². The molecule has 0 radical (unpaired) electrons. The molecule has 1 fully saturated rings. The SMILES string of the molecule is C[C@@H]1CN(c2ncc(C(=O)NCCCc3cncnc3)cc2C#Cc2ccc(Cl)cc2)C[C@H](C)O1. The predicted octanol–water partition coefficient (Wildman–Crippen LogP) is 3.90. The second kappa shape index (κ2) is 11.8. The van der Waals surface area contributed by atoms with Crippen LogP contribution >= 0.6 is 11.6 Å². The number of rotatable bonds is 6. The fourth-order valence-electron chi connectivity index (χ4n) is 4.00. The monoisotopic (exact) mass is 489 g/mol. The number of hydrogen-bond acceptors (Lipinski definition) is 6. The van der Waals surface area contributed by atoms with E-state index in [0.29, 0.717) is 35.8 Å². The molecule has 4 rings (SSSR count). The Morgan fingerprint density at radius 3 is 2.54 bits per heavy atom. The summed E-state index contributed by atoms with van der Waals surface area (Å²) >= 11 is 6.00. The molecule has 8 heteroatoms. The van der Waals surface area contributed by atoms with Crippen LogP contribution in [0.1, 0.15) is 47.3 Å². The Kier molecular flexibility index (Phi) is 8.30. The van der Waals surface area contributed by atoms with E-state index in [-0.39, 0.29) is 18.1 Å². The van der Waals surface area contributed by atoms with Gasteiger partial charge in [0, 0.05) is 48.8 Å². The van der Waals surface area contributed by atoms with Gasteiger partial charge in [0.05, 0.1) is 23.3 Å². The number of carbonyl (C=O) groups is 1. The van der Waals surface area contributed by atoms with Crippen LogP contribution in [0.25, 0.3) is 0 Å². The summed E-state index contributed by atoms with van der Waals surface area (Å²) in [5.41, 5.74) is 3.06. The number of pyridine rings is 1. The molecule has 7 nitrogen and oxygen atoms in total. The fraction of sp³-hybridized carbons (Fsp3) is 0.333. The molecule has 1 amide bonds. The number of anilines is 1. The first-order chi connectivity index (χ1) is 17.0. The summed E-state index contributed by atoms with van der Waals surface area (Å²) in [4.78, 5) is 27.7. The van der Waals surface area contributed by atoms with Crippen molar-refractivity contribution in [2.45, 2.75) is 38.9 Å². The average molecular weight is 490 g/mol. The van der Waals surface area contributed by atoms with Crippen LogP contribution in [0.15, 0.2) is 55.2 Å². The first-order valence-corrected chi connectivity index (χ1v) is 12.1. The molecule has 0 unspecified atom stereocenters. The molecule has 0 spiro atoms. The topological polar surface area (TPSA) is 80.2 Å². The fourth-order valence-corrected chi connectivity index (χ4v) is 4.13. The summed E-state index contributed by atoms with van der Waals surface area (Å²) in [5, 5.41) is 3.63. The Hall–Kier alpha value is -3.47. The van der Waals surface area contributed by atoms with E-state index in [1.807, 2.05) is 44.2 Å². The van der Waals surface area contributed by atoms with Gasteiger partial charge in [-0.25, -0.2) is 15.0 Å². The minimum absolute atomic E-state index is 0.0793. The van der Waals surface area contributed by atoms with Crippen molar-refractivity contribution in [1.29, 1.82) is 0 Å². The maximum absolute atomic E-state index is 12.8. The summed E-state index contributed by atoms with van der Waals surface area (Å²) in [5.74, 6) is 6.99. The molecule has 0 bridgehead atoms. The van der Waals surface area contributed by atoms with Crippen molar-refractivity contribution in [3.8, 4) is 11.8 Å². The Bertz CT molecular complexity index is 1200. The number of benzene rings is 1. The Balaban J connectivity index is 1.51. The zero-order valence-electron chi connectivity index (χ0n) is 19.9. The van der Waals surface area contributed by atoms with Crippen molar-refractivity contribution in [3.63, 3.8) is 0 Å². The Morgan fingerprint density at radius 2 is 1.83 bits per heavy atom. The summed E-state index contributed by atoms with van der Waals surface area (Å²) < 4.78 is 5.88. The van der Waals surface area contributed by atoms with Crippen molar-refractivity contribution in [3.05, 3.63) is 82.5 Å². The normalized spacial score (nSPS) is 17.4. The maximum atomic E-state index is 12.8. The highest BCUT2D eigenvalue weighted by Crippen LogP contribution is 2.23. The van der Waals surface area contributed by atoms with E-state index in [0.717, 1.165) is 29.8 Å². The number of ether oxygens (including phenoxy) is 1. The van der Waals surface area contributed by atoms with E-state index in [1.165, 1.54) is 6.33 Å². The number of morpholine rings is 1. The zero-order chi connectivity index (χ0) is 24.6. The van der Waals surface area contributed by atoms with E-state index >= 15 is 0 Å². The van der Waals surface area contributed by atoms with Crippen LogP contribution in [-0.4, -0.2) is 52.7 Å². The van der Waals surface area contributed by atoms with Gasteiger partial charge in [-0.15, -0.1) is 0 Å². The Morgan fingerprint density at radius 1 is 1.11 bits per heavy atom. The van der Waals surface area contributed by atoms with Crippen molar-refractivity contribution in [2.24, 2.45) is 0 Å². The lowest BCUT2D eigenvalue weighted by Gasteiger charge is -2.36.